The molecule has 0 saturated carbocycles. The fourth-order valence-corrected chi connectivity index (χ4v) is 6.85. The molecule has 1 unspecified atom stereocenters. The molecule has 0 N–H and O–H groups in total. The summed E-state index contributed by atoms with van der Waals surface area (Å²) in [4.78, 5) is 0. The van der Waals surface area contributed by atoms with Gasteiger partial charge in [0.15, 0.2) is 0 Å². The molecule has 0 amide bonds. The molecule has 42 heavy (non-hydrogen) atoms. The van der Waals surface area contributed by atoms with E-state index in [0.29, 0.717) is 5.92 Å². The van der Waals surface area contributed by atoms with Gasteiger partial charge in [-0.1, -0.05) is 146 Å². The van der Waals surface area contributed by atoms with Crippen molar-refractivity contribution in [2.75, 3.05) is 0 Å². The van der Waals surface area contributed by atoms with E-state index in [4.69, 9.17) is 0 Å². The van der Waals surface area contributed by atoms with Crippen molar-refractivity contribution < 1.29 is 0 Å². The molecule has 1 aliphatic carbocycles. The van der Waals surface area contributed by atoms with Gasteiger partial charge in [0, 0.05) is 0 Å². The molecule has 7 aromatic carbocycles. The fourth-order valence-electron chi connectivity index (χ4n) is 6.85. The minimum atomic E-state index is 0.639. The summed E-state index contributed by atoms with van der Waals surface area (Å²) >= 11 is 0. The van der Waals surface area contributed by atoms with E-state index >= 15 is 0 Å². The molecular formula is C42H32. The molecule has 0 aromatic heterocycles. The van der Waals surface area contributed by atoms with Crippen LogP contribution in [0.15, 0.2) is 146 Å². The summed E-state index contributed by atoms with van der Waals surface area (Å²) in [5.74, 6) is 0.639. The SMILES string of the molecule is CC1C=CC(c2ccc(-c3ccc4ccc5c(-c6ccccc6)cc(-c6ccccc6)c6ccc3c4c56)cc2)=CCC1. The summed E-state index contributed by atoms with van der Waals surface area (Å²) in [6.07, 6.45) is 9.40. The van der Waals surface area contributed by atoms with E-state index in [1.165, 1.54) is 83.3 Å². The van der Waals surface area contributed by atoms with Crippen molar-refractivity contribution >= 4 is 37.9 Å². The molecule has 1 aliphatic rings. The maximum Gasteiger partial charge on any atom is -0.00141 e. The van der Waals surface area contributed by atoms with E-state index in [0.717, 1.165) is 6.42 Å². The Hall–Kier alpha value is -4.94. The average molecular weight is 537 g/mol. The molecule has 200 valence electrons. The molecule has 0 fully saturated rings. The molecule has 0 radical (unpaired) electrons. The van der Waals surface area contributed by atoms with Crippen LogP contribution in [-0.2, 0) is 0 Å². The van der Waals surface area contributed by atoms with Crippen molar-refractivity contribution in [3.63, 3.8) is 0 Å². The third-order valence-corrected chi connectivity index (χ3v) is 9.07. The first kappa shape index (κ1) is 24.8. The standard InChI is InChI=1S/C42H32/c1-28-9-8-14-29(16-15-28)30-17-19-33(20-18-30)35-23-21-34-22-24-37-39(31-10-4-2-5-11-31)27-40(32-12-6-3-7-13-32)38-26-25-36(35)41(34)42(37)38/h2-7,10-28H,8-9H2,1H3. The molecule has 0 heterocycles. The lowest BCUT2D eigenvalue weighted by Crippen LogP contribution is -1.92. The van der Waals surface area contributed by atoms with Crippen molar-refractivity contribution in [2.24, 2.45) is 5.92 Å². The Morgan fingerprint density at radius 3 is 1.71 bits per heavy atom. The van der Waals surface area contributed by atoms with Gasteiger partial charge in [0.25, 0.3) is 0 Å². The topological polar surface area (TPSA) is 0 Å². The summed E-state index contributed by atoms with van der Waals surface area (Å²) in [5, 5.41) is 7.92. The predicted molar refractivity (Wildman–Crippen MR) is 182 cm³/mol. The third kappa shape index (κ3) is 4.14. The highest BCUT2D eigenvalue weighted by Crippen LogP contribution is 2.45. The number of benzene rings is 7. The van der Waals surface area contributed by atoms with Crippen LogP contribution in [-0.4, -0.2) is 0 Å². The van der Waals surface area contributed by atoms with Gasteiger partial charge >= 0.3 is 0 Å². The van der Waals surface area contributed by atoms with E-state index in [-0.39, 0.29) is 0 Å². The minimum absolute atomic E-state index is 0.639. The van der Waals surface area contributed by atoms with E-state index in [9.17, 15) is 0 Å². The average Bonchev–Trinajstić information content (AvgIpc) is 3.28. The van der Waals surface area contributed by atoms with Crippen molar-refractivity contribution in [1.82, 2.24) is 0 Å². The third-order valence-electron chi connectivity index (χ3n) is 9.07. The first-order valence-corrected chi connectivity index (χ1v) is 15.1. The smallest absolute Gasteiger partial charge is 0.00141 e. The second-order valence-electron chi connectivity index (χ2n) is 11.7. The lowest BCUT2D eigenvalue weighted by molar-refractivity contribution is 0.662. The molecule has 0 aliphatic heterocycles. The van der Waals surface area contributed by atoms with Gasteiger partial charge in [0.2, 0.25) is 0 Å². The minimum Gasteiger partial charge on any atom is -0.0811 e. The molecule has 1 atom stereocenters. The number of hydrogen-bond donors (Lipinski definition) is 0. The maximum atomic E-state index is 2.39. The highest BCUT2D eigenvalue weighted by Gasteiger charge is 2.18. The van der Waals surface area contributed by atoms with E-state index in [1.54, 1.807) is 0 Å². The Labute approximate surface area is 247 Å². The van der Waals surface area contributed by atoms with Gasteiger partial charge in [-0.15, -0.1) is 0 Å². The van der Waals surface area contributed by atoms with Gasteiger partial charge in [-0.3, -0.25) is 0 Å². The lowest BCUT2D eigenvalue weighted by Gasteiger charge is -2.19. The fraction of sp³-hybridized carbons (Fsp3) is 0.0952. The van der Waals surface area contributed by atoms with Crippen molar-refractivity contribution in [1.29, 1.82) is 0 Å². The Morgan fingerprint density at radius 2 is 1.05 bits per heavy atom. The first-order valence-electron chi connectivity index (χ1n) is 15.1. The zero-order valence-electron chi connectivity index (χ0n) is 23.8. The zero-order valence-corrected chi connectivity index (χ0v) is 23.8. The zero-order chi connectivity index (χ0) is 28.0. The van der Waals surface area contributed by atoms with Crippen LogP contribution in [0.4, 0.5) is 0 Å². The Morgan fingerprint density at radius 1 is 0.500 bits per heavy atom. The molecule has 0 nitrogen and oxygen atoms in total. The van der Waals surface area contributed by atoms with Crippen LogP contribution in [0.2, 0.25) is 0 Å². The van der Waals surface area contributed by atoms with Crippen LogP contribution in [0.3, 0.4) is 0 Å². The van der Waals surface area contributed by atoms with Crippen LogP contribution >= 0.6 is 0 Å². The Balaban J connectivity index is 1.36. The van der Waals surface area contributed by atoms with Gasteiger partial charge in [0.1, 0.15) is 0 Å². The van der Waals surface area contributed by atoms with E-state index in [1.807, 2.05) is 0 Å². The largest absolute Gasteiger partial charge is 0.0811 e. The molecule has 8 rings (SSSR count). The van der Waals surface area contributed by atoms with Crippen molar-refractivity contribution in [3.05, 3.63) is 151 Å². The van der Waals surface area contributed by atoms with Gasteiger partial charge < -0.3 is 0 Å². The van der Waals surface area contributed by atoms with Gasteiger partial charge in [0.05, 0.1) is 0 Å². The van der Waals surface area contributed by atoms with E-state index < -0.39 is 0 Å². The van der Waals surface area contributed by atoms with Crippen molar-refractivity contribution in [3.8, 4) is 33.4 Å². The summed E-state index contributed by atoms with van der Waals surface area (Å²) in [7, 11) is 0. The van der Waals surface area contributed by atoms with Crippen LogP contribution in [0.1, 0.15) is 25.3 Å². The van der Waals surface area contributed by atoms with Gasteiger partial charge in [-0.2, -0.15) is 0 Å². The summed E-state index contributed by atoms with van der Waals surface area (Å²) in [6, 6.07) is 47.2. The second kappa shape index (κ2) is 10.2. The molecule has 0 bridgehead atoms. The highest BCUT2D eigenvalue weighted by molar-refractivity contribution is 6.29. The molecule has 0 spiro atoms. The number of allylic oxidation sites excluding steroid dienone is 4. The number of hydrogen-bond acceptors (Lipinski definition) is 0. The van der Waals surface area contributed by atoms with Crippen LogP contribution < -0.4 is 0 Å². The predicted octanol–water partition coefficient (Wildman–Crippen LogP) is 12.0. The van der Waals surface area contributed by atoms with Crippen LogP contribution in [0, 0.1) is 5.92 Å². The monoisotopic (exact) mass is 536 g/mol. The second-order valence-corrected chi connectivity index (χ2v) is 11.7. The van der Waals surface area contributed by atoms with Crippen LogP contribution in [0.5, 0.6) is 0 Å². The Kier molecular flexibility index (Phi) is 6.00. The molecule has 7 aromatic rings. The van der Waals surface area contributed by atoms with E-state index in [2.05, 4.69) is 153 Å². The maximum absolute atomic E-state index is 2.39. The Bertz CT molecular complexity index is 2050. The summed E-state index contributed by atoms with van der Waals surface area (Å²) in [6.45, 7) is 2.30. The summed E-state index contributed by atoms with van der Waals surface area (Å²) < 4.78 is 0. The molecule has 0 heteroatoms. The highest BCUT2D eigenvalue weighted by atomic mass is 14.2. The quantitative estimate of drug-likeness (QED) is 0.196. The normalized spacial score (nSPS) is 15.4. The first-order chi connectivity index (χ1) is 20.7. The molecule has 0 saturated heterocycles. The van der Waals surface area contributed by atoms with Gasteiger partial charge in [-0.05, 0) is 102 Å². The lowest BCUT2D eigenvalue weighted by atomic mass is 9.84. The van der Waals surface area contributed by atoms with Crippen LogP contribution in [0.25, 0.3) is 71.3 Å². The van der Waals surface area contributed by atoms with Gasteiger partial charge in [-0.25, -0.2) is 0 Å². The number of rotatable bonds is 4. The summed E-state index contributed by atoms with van der Waals surface area (Å²) in [5.41, 5.74) is 10.2. The molecular weight excluding hydrogens is 504 g/mol. The van der Waals surface area contributed by atoms with Crippen molar-refractivity contribution in [2.45, 2.75) is 19.8 Å².